The summed E-state index contributed by atoms with van der Waals surface area (Å²) in [6.45, 7) is 0. The topological polar surface area (TPSA) is 63.3 Å². The zero-order chi connectivity index (χ0) is 10.2. The van der Waals surface area contributed by atoms with Crippen molar-refractivity contribution in [3.05, 3.63) is 29.1 Å². The number of nitrogen functional groups attached to an aromatic ring is 1. The van der Waals surface area contributed by atoms with E-state index in [2.05, 4.69) is 0 Å². The van der Waals surface area contributed by atoms with Gasteiger partial charge in [0.1, 0.15) is 5.56 Å². The second-order valence-electron chi connectivity index (χ2n) is 2.26. The minimum absolute atomic E-state index is 0.524. The summed E-state index contributed by atoms with van der Waals surface area (Å²) in [6.07, 6.45) is 0. The summed E-state index contributed by atoms with van der Waals surface area (Å²) in [5, 5.41) is 8.32. The van der Waals surface area contributed by atoms with Gasteiger partial charge in [0.25, 0.3) is 0 Å². The van der Waals surface area contributed by atoms with Crippen LogP contribution in [0, 0.1) is 17.5 Å². The van der Waals surface area contributed by atoms with Crippen molar-refractivity contribution in [1.29, 1.82) is 0 Å². The third-order valence-electron chi connectivity index (χ3n) is 1.41. The fourth-order valence-corrected chi connectivity index (χ4v) is 0.779. The van der Waals surface area contributed by atoms with Crippen LogP contribution in [0.1, 0.15) is 10.4 Å². The molecule has 0 aromatic heterocycles. The van der Waals surface area contributed by atoms with Crippen LogP contribution < -0.4 is 5.73 Å². The molecular weight excluding hydrogens is 187 g/mol. The Labute approximate surface area is 70.6 Å². The molecule has 0 amide bonds. The fraction of sp³-hybridized carbons (Fsp3) is 0. The average molecular weight is 191 g/mol. The van der Waals surface area contributed by atoms with Gasteiger partial charge in [0, 0.05) is 0 Å². The first-order valence-corrected chi connectivity index (χ1v) is 3.11. The maximum atomic E-state index is 12.6. The Hall–Kier alpha value is -1.72. The van der Waals surface area contributed by atoms with Crippen molar-refractivity contribution in [2.75, 3.05) is 5.73 Å². The lowest BCUT2D eigenvalue weighted by atomic mass is 10.1. The van der Waals surface area contributed by atoms with E-state index in [0.717, 1.165) is 0 Å². The molecule has 1 aromatic rings. The van der Waals surface area contributed by atoms with E-state index in [-0.39, 0.29) is 0 Å². The highest BCUT2D eigenvalue weighted by molar-refractivity contribution is 5.89. The zero-order valence-electron chi connectivity index (χ0n) is 6.14. The molecule has 70 valence electrons. The van der Waals surface area contributed by atoms with Gasteiger partial charge in [-0.3, -0.25) is 0 Å². The van der Waals surface area contributed by atoms with Crippen molar-refractivity contribution in [2.24, 2.45) is 0 Å². The first kappa shape index (κ1) is 9.37. The van der Waals surface area contributed by atoms with Crippen LogP contribution in [0.3, 0.4) is 0 Å². The molecule has 0 spiro atoms. The van der Waals surface area contributed by atoms with Crippen molar-refractivity contribution in [3.8, 4) is 0 Å². The van der Waals surface area contributed by atoms with Crippen LogP contribution in [-0.4, -0.2) is 11.1 Å². The van der Waals surface area contributed by atoms with Crippen molar-refractivity contribution in [3.63, 3.8) is 0 Å². The first-order chi connectivity index (χ1) is 5.95. The van der Waals surface area contributed by atoms with Crippen molar-refractivity contribution in [2.45, 2.75) is 0 Å². The van der Waals surface area contributed by atoms with Gasteiger partial charge in [-0.05, 0) is 6.07 Å². The van der Waals surface area contributed by atoms with Crippen LogP contribution in [0.5, 0.6) is 0 Å². The van der Waals surface area contributed by atoms with Gasteiger partial charge < -0.3 is 10.8 Å². The van der Waals surface area contributed by atoms with Gasteiger partial charge in [0.05, 0.1) is 5.69 Å². The standard InChI is InChI=1S/C7H4F3NO2/c8-4-2(7(12)13)1-3(11)5(9)6(4)10/h1H,11H2,(H,12,13). The summed E-state index contributed by atoms with van der Waals surface area (Å²) >= 11 is 0. The largest absolute Gasteiger partial charge is 0.478 e. The van der Waals surface area contributed by atoms with E-state index in [9.17, 15) is 18.0 Å². The molecule has 0 heterocycles. The van der Waals surface area contributed by atoms with Crippen LogP contribution in [0.25, 0.3) is 0 Å². The molecule has 0 aliphatic heterocycles. The van der Waals surface area contributed by atoms with E-state index in [4.69, 9.17) is 10.8 Å². The molecule has 0 bridgehead atoms. The molecule has 0 saturated carbocycles. The highest BCUT2D eigenvalue weighted by atomic mass is 19.2. The number of halogens is 3. The number of carbonyl (C=O) groups is 1. The maximum absolute atomic E-state index is 12.6. The lowest BCUT2D eigenvalue weighted by molar-refractivity contribution is 0.0690. The number of hydrogen-bond acceptors (Lipinski definition) is 2. The molecule has 13 heavy (non-hydrogen) atoms. The SMILES string of the molecule is Nc1cc(C(=O)O)c(F)c(F)c1F. The molecule has 0 unspecified atom stereocenters. The Morgan fingerprint density at radius 2 is 1.77 bits per heavy atom. The van der Waals surface area contributed by atoms with E-state index in [1.807, 2.05) is 0 Å². The highest BCUT2D eigenvalue weighted by Crippen LogP contribution is 2.20. The molecule has 1 rings (SSSR count). The molecule has 0 aliphatic carbocycles. The molecular formula is C7H4F3NO2. The van der Waals surface area contributed by atoms with Gasteiger partial charge in [-0.2, -0.15) is 0 Å². The summed E-state index contributed by atoms with van der Waals surface area (Å²) in [5.74, 6) is -6.91. The molecule has 1 aromatic carbocycles. The van der Waals surface area contributed by atoms with E-state index in [0.29, 0.717) is 6.07 Å². The van der Waals surface area contributed by atoms with Gasteiger partial charge in [-0.15, -0.1) is 0 Å². The lowest BCUT2D eigenvalue weighted by Crippen LogP contribution is -2.07. The number of anilines is 1. The second-order valence-corrected chi connectivity index (χ2v) is 2.26. The number of benzene rings is 1. The van der Waals surface area contributed by atoms with Gasteiger partial charge in [0.2, 0.25) is 0 Å². The number of aromatic carboxylic acids is 1. The summed E-state index contributed by atoms with van der Waals surface area (Å²) in [4.78, 5) is 10.3. The summed E-state index contributed by atoms with van der Waals surface area (Å²) in [5.41, 5.74) is 3.15. The predicted molar refractivity (Wildman–Crippen MR) is 37.7 cm³/mol. The number of nitrogens with two attached hydrogens (primary N) is 1. The Bertz CT molecular complexity index is 378. The van der Waals surface area contributed by atoms with Crippen molar-refractivity contribution < 1.29 is 23.1 Å². The molecule has 0 atom stereocenters. The van der Waals surface area contributed by atoms with Gasteiger partial charge in [-0.25, -0.2) is 18.0 Å². The molecule has 3 nitrogen and oxygen atoms in total. The molecule has 0 saturated heterocycles. The quantitative estimate of drug-likeness (QED) is 0.520. The normalized spacial score (nSPS) is 10.1. The Kier molecular flexibility index (Phi) is 2.14. The smallest absolute Gasteiger partial charge is 0.338 e. The van der Waals surface area contributed by atoms with Crippen LogP contribution in [0.15, 0.2) is 6.07 Å². The fourth-order valence-electron chi connectivity index (χ4n) is 0.779. The minimum atomic E-state index is -1.88. The number of carboxylic acid groups (broad SMARTS) is 1. The average Bonchev–Trinajstić information content (AvgIpc) is 2.07. The third kappa shape index (κ3) is 1.42. The molecule has 0 aliphatic rings. The van der Waals surface area contributed by atoms with E-state index >= 15 is 0 Å². The molecule has 0 radical (unpaired) electrons. The summed E-state index contributed by atoms with van der Waals surface area (Å²) in [6, 6.07) is 0.524. The second kappa shape index (κ2) is 2.96. The van der Waals surface area contributed by atoms with Gasteiger partial charge in [-0.1, -0.05) is 0 Å². The van der Waals surface area contributed by atoms with Crippen LogP contribution in [0.2, 0.25) is 0 Å². The predicted octanol–water partition coefficient (Wildman–Crippen LogP) is 1.38. The number of hydrogen-bond donors (Lipinski definition) is 2. The summed E-state index contributed by atoms with van der Waals surface area (Å²) < 4.78 is 37.7. The lowest BCUT2D eigenvalue weighted by Gasteiger charge is -2.02. The Balaban J connectivity index is 3.50. The van der Waals surface area contributed by atoms with Crippen molar-refractivity contribution >= 4 is 11.7 Å². The van der Waals surface area contributed by atoms with Gasteiger partial charge in [0.15, 0.2) is 17.5 Å². The first-order valence-electron chi connectivity index (χ1n) is 3.11. The zero-order valence-corrected chi connectivity index (χ0v) is 6.14. The molecule has 0 fully saturated rings. The number of carboxylic acids is 1. The monoisotopic (exact) mass is 191 g/mol. The highest BCUT2D eigenvalue weighted by Gasteiger charge is 2.20. The van der Waals surface area contributed by atoms with Crippen molar-refractivity contribution in [1.82, 2.24) is 0 Å². The third-order valence-corrected chi connectivity index (χ3v) is 1.41. The Morgan fingerprint density at radius 3 is 2.23 bits per heavy atom. The van der Waals surface area contributed by atoms with E-state index < -0.39 is 34.7 Å². The van der Waals surface area contributed by atoms with Crippen LogP contribution in [0.4, 0.5) is 18.9 Å². The van der Waals surface area contributed by atoms with E-state index in [1.54, 1.807) is 0 Å². The molecule has 6 heteroatoms. The summed E-state index contributed by atoms with van der Waals surface area (Å²) in [7, 11) is 0. The maximum Gasteiger partial charge on any atom is 0.338 e. The van der Waals surface area contributed by atoms with Crippen LogP contribution in [-0.2, 0) is 0 Å². The molecule has 3 N–H and O–H groups in total. The minimum Gasteiger partial charge on any atom is -0.478 e. The van der Waals surface area contributed by atoms with Crippen LogP contribution >= 0.6 is 0 Å². The van der Waals surface area contributed by atoms with Gasteiger partial charge >= 0.3 is 5.97 Å². The number of rotatable bonds is 1. The Morgan fingerprint density at radius 1 is 1.23 bits per heavy atom. The van der Waals surface area contributed by atoms with E-state index in [1.165, 1.54) is 0 Å².